The maximum atomic E-state index is 10.5. The Balaban J connectivity index is 2.35. The van der Waals surface area contributed by atoms with Crippen LogP contribution in [0.3, 0.4) is 0 Å². The molecular formula is C6H10Cl2O2S. The summed E-state index contributed by atoms with van der Waals surface area (Å²) in [7, 11) is 3.47. The fourth-order valence-corrected chi connectivity index (χ4v) is 2.35. The summed E-state index contributed by atoms with van der Waals surface area (Å²) in [6.45, 7) is 0. The molecule has 0 aliphatic heterocycles. The van der Waals surface area contributed by atoms with E-state index in [1.165, 1.54) is 0 Å². The smallest absolute Gasteiger partial charge is 0.256 e. The second-order valence-electron chi connectivity index (χ2n) is 2.63. The van der Waals surface area contributed by atoms with Crippen LogP contribution in [0.15, 0.2) is 0 Å². The maximum Gasteiger partial charge on any atom is 0.256 e. The average Bonchev–Trinajstić information content (AvgIpc) is 1.93. The van der Waals surface area contributed by atoms with Gasteiger partial charge in [-0.05, 0) is 12.8 Å². The quantitative estimate of drug-likeness (QED) is 0.524. The van der Waals surface area contributed by atoms with Crippen molar-refractivity contribution >= 4 is 32.6 Å². The van der Waals surface area contributed by atoms with Gasteiger partial charge in [0.2, 0.25) is 0 Å². The Labute approximate surface area is 78.4 Å². The van der Waals surface area contributed by atoms with Gasteiger partial charge in [0.15, 0.2) is 0 Å². The Kier molecular flexibility index (Phi) is 4.13. The molecule has 2 nitrogen and oxygen atoms in total. The molecule has 1 fully saturated rings. The molecule has 0 bridgehead atoms. The van der Waals surface area contributed by atoms with E-state index in [1.54, 1.807) is 0 Å². The van der Waals surface area contributed by atoms with Crippen molar-refractivity contribution in [1.82, 2.24) is 0 Å². The molecule has 1 aliphatic rings. The lowest BCUT2D eigenvalue weighted by Crippen LogP contribution is -2.27. The fourth-order valence-electron chi connectivity index (χ4n) is 1.26. The number of hydrogen-bond acceptors (Lipinski definition) is 2. The van der Waals surface area contributed by atoms with Crippen LogP contribution in [0.5, 0.6) is 0 Å². The Morgan fingerprint density at radius 2 is 2.00 bits per heavy atom. The summed E-state index contributed by atoms with van der Waals surface area (Å²) in [6, 6.07) is 0. The van der Waals surface area contributed by atoms with Gasteiger partial charge in [0.1, 0.15) is 0 Å². The molecule has 0 amide bonds. The molecule has 0 aromatic heterocycles. The van der Waals surface area contributed by atoms with Gasteiger partial charge in [0.05, 0.1) is 11.5 Å². The van der Waals surface area contributed by atoms with Crippen LogP contribution < -0.4 is 0 Å². The zero-order valence-electron chi connectivity index (χ0n) is 5.96. The normalized spacial score (nSPS) is 35.1. The first-order valence-electron chi connectivity index (χ1n) is 3.59. The van der Waals surface area contributed by atoms with Crippen LogP contribution in [0.2, 0.25) is 0 Å². The van der Waals surface area contributed by atoms with Gasteiger partial charge < -0.3 is 0 Å². The molecule has 66 valence electrons. The highest BCUT2D eigenvalue weighted by Gasteiger charge is 2.25. The molecule has 11 heavy (non-hydrogen) atoms. The van der Waals surface area contributed by atoms with E-state index < -0.39 is 10.3 Å². The van der Waals surface area contributed by atoms with Crippen LogP contribution in [0.1, 0.15) is 25.7 Å². The topological polar surface area (TPSA) is 26.3 Å². The fraction of sp³-hybridized carbons (Fsp3) is 1.00. The van der Waals surface area contributed by atoms with Crippen molar-refractivity contribution in [2.75, 3.05) is 0 Å². The minimum absolute atomic E-state index is 0.0218. The summed E-state index contributed by atoms with van der Waals surface area (Å²) in [5, 5.41) is -0.0218. The molecule has 0 heterocycles. The number of alkyl halides is 1. The third-order valence-electron chi connectivity index (χ3n) is 1.82. The molecule has 0 aromatic carbocycles. The van der Waals surface area contributed by atoms with Gasteiger partial charge in [0.25, 0.3) is 10.3 Å². The molecule has 0 radical (unpaired) electrons. The highest BCUT2D eigenvalue weighted by molar-refractivity contribution is 8.04. The van der Waals surface area contributed by atoms with E-state index in [0.29, 0.717) is 0 Å². The molecule has 1 rings (SSSR count). The predicted molar refractivity (Wildman–Crippen MR) is 47.0 cm³/mol. The van der Waals surface area contributed by atoms with Gasteiger partial charge in [-0.25, -0.2) is 4.21 Å². The molecule has 5 heteroatoms. The van der Waals surface area contributed by atoms with Gasteiger partial charge >= 0.3 is 0 Å². The van der Waals surface area contributed by atoms with Crippen LogP contribution in [0, 0.1) is 0 Å². The first-order chi connectivity index (χ1) is 5.20. The summed E-state index contributed by atoms with van der Waals surface area (Å²) in [6.07, 6.45) is 3.89. The summed E-state index contributed by atoms with van der Waals surface area (Å²) < 4.78 is 15.4. The highest BCUT2D eigenvalue weighted by Crippen LogP contribution is 2.26. The molecule has 3 atom stereocenters. The van der Waals surface area contributed by atoms with Gasteiger partial charge in [-0.3, -0.25) is 4.18 Å². The van der Waals surface area contributed by atoms with E-state index in [1.807, 2.05) is 0 Å². The van der Waals surface area contributed by atoms with Crippen molar-refractivity contribution < 1.29 is 8.39 Å². The third kappa shape index (κ3) is 3.28. The van der Waals surface area contributed by atoms with Crippen LogP contribution in [-0.4, -0.2) is 15.7 Å². The van der Waals surface area contributed by atoms with Crippen LogP contribution in [0.4, 0.5) is 0 Å². The largest absolute Gasteiger partial charge is 0.273 e. The van der Waals surface area contributed by atoms with Crippen LogP contribution in [-0.2, 0) is 14.5 Å². The van der Waals surface area contributed by atoms with Crippen molar-refractivity contribution in [3.8, 4) is 0 Å². The molecule has 3 unspecified atom stereocenters. The van der Waals surface area contributed by atoms with Crippen molar-refractivity contribution in [2.45, 2.75) is 37.2 Å². The first-order valence-corrected chi connectivity index (χ1v) is 5.93. The van der Waals surface area contributed by atoms with Gasteiger partial charge in [-0.1, -0.05) is 12.8 Å². The standard InChI is InChI=1S/C6H10Cl2O2S/c7-5-3-1-2-4-6(5)10-11(8)9/h5-6H,1-4H2. The Morgan fingerprint density at radius 3 is 2.55 bits per heavy atom. The third-order valence-corrected chi connectivity index (χ3v) is 2.94. The van der Waals surface area contributed by atoms with Crippen molar-refractivity contribution in [3.05, 3.63) is 0 Å². The summed E-state index contributed by atoms with van der Waals surface area (Å²) in [4.78, 5) is 0. The van der Waals surface area contributed by atoms with E-state index >= 15 is 0 Å². The van der Waals surface area contributed by atoms with E-state index in [0.717, 1.165) is 25.7 Å². The number of rotatable bonds is 2. The van der Waals surface area contributed by atoms with Gasteiger partial charge in [-0.15, -0.1) is 11.6 Å². The van der Waals surface area contributed by atoms with E-state index in [4.69, 9.17) is 26.5 Å². The van der Waals surface area contributed by atoms with Crippen LogP contribution in [0.25, 0.3) is 0 Å². The first kappa shape index (κ1) is 9.78. The number of halogens is 2. The summed E-state index contributed by atoms with van der Waals surface area (Å²) >= 11 is 5.91. The lowest BCUT2D eigenvalue weighted by Gasteiger charge is -2.24. The molecule has 0 spiro atoms. The summed E-state index contributed by atoms with van der Waals surface area (Å²) in [5.74, 6) is 0. The average molecular weight is 217 g/mol. The minimum Gasteiger partial charge on any atom is -0.273 e. The Hall–Kier alpha value is 0.690. The van der Waals surface area contributed by atoms with Crippen LogP contribution >= 0.6 is 22.3 Å². The maximum absolute atomic E-state index is 10.5. The van der Waals surface area contributed by atoms with E-state index in [2.05, 4.69) is 0 Å². The van der Waals surface area contributed by atoms with Crippen molar-refractivity contribution in [3.63, 3.8) is 0 Å². The van der Waals surface area contributed by atoms with E-state index in [9.17, 15) is 4.21 Å². The predicted octanol–water partition coefficient (Wildman–Crippen LogP) is 2.37. The SMILES string of the molecule is O=S(Cl)OC1CCCCC1Cl. The lowest BCUT2D eigenvalue weighted by molar-refractivity contribution is 0.182. The monoisotopic (exact) mass is 216 g/mol. The molecule has 1 saturated carbocycles. The second kappa shape index (κ2) is 4.65. The highest BCUT2D eigenvalue weighted by atomic mass is 35.7. The minimum atomic E-state index is -1.70. The van der Waals surface area contributed by atoms with Crippen molar-refractivity contribution in [2.24, 2.45) is 0 Å². The van der Waals surface area contributed by atoms with Gasteiger partial charge in [0, 0.05) is 10.7 Å². The molecule has 0 aromatic rings. The Bertz CT molecular complexity index is 154. The zero-order chi connectivity index (χ0) is 8.27. The molecular weight excluding hydrogens is 207 g/mol. The van der Waals surface area contributed by atoms with Gasteiger partial charge in [-0.2, -0.15) is 0 Å². The Morgan fingerprint density at radius 1 is 1.36 bits per heavy atom. The molecule has 0 saturated heterocycles. The van der Waals surface area contributed by atoms with Crippen molar-refractivity contribution in [1.29, 1.82) is 0 Å². The molecule has 0 N–H and O–H groups in total. The lowest BCUT2D eigenvalue weighted by atomic mass is 9.97. The van der Waals surface area contributed by atoms with E-state index in [-0.39, 0.29) is 11.5 Å². The summed E-state index contributed by atoms with van der Waals surface area (Å²) in [5.41, 5.74) is 0. The number of hydrogen-bond donors (Lipinski definition) is 0. The molecule has 1 aliphatic carbocycles. The second-order valence-corrected chi connectivity index (χ2v) is 4.53. The zero-order valence-corrected chi connectivity index (χ0v) is 8.29.